The van der Waals surface area contributed by atoms with Crippen molar-refractivity contribution in [3.8, 4) is 0 Å². The summed E-state index contributed by atoms with van der Waals surface area (Å²) in [7, 11) is 1.85. The summed E-state index contributed by atoms with van der Waals surface area (Å²) in [6, 6.07) is 8.48. The molecule has 0 saturated carbocycles. The number of benzene rings is 1. The van der Waals surface area contributed by atoms with Crippen molar-refractivity contribution in [2.24, 2.45) is 5.73 Å². The van der Waals surface area contributed by atoms with Crippen LogP contribution < -0.4 is 5.73 Å². The van der Waals surface area contributed by atoms with Crippen LogP contribution in [0, 0.1) is 6.92 Å². The Morgan fingerprint density at radius 3 is 2.58 bits per heavy atom. The van der Waals surface area contributed by atoms with Crippen molar-refractivity contribution in [3.05, 3.63) is 35.4 Å². The molecule has 1 aromatic carbocycles. The van der Waals surface area contributed by atoms with Gasteiger partial charge in [-0.1, -0.05) is 36.8 Å². The molecule has 1 amide bonds. The van der Waals surface area contributed by atoms with Crippen LogP contribution in [0.25, 0.3) is 0 Å². The Labute approximate surface area is 120 Å². The molecule has 3 nitrogen and oxygen atoms in total. The maximum atomic E-state index is 11.9. The summed E-state index contributed by atoms with van der Waals surface area (Å²) < 4.78 is 0. The number of amides is 1. The average molecular weight is 280 g/mol. The maximum absolute atomic E-state index is 11.9. The Morgan fingerprint density at radius 1 is 1.37 bits per heavy atom. The highest BCUT2D eigenvalue weighted by atomic mass is 32.2. The molecule has 4 heteroatoms. The molecule has 0 spiro atoms. The molecule has 0 aromatic heterocycles. The Bertz CT molecular complexity index is 392. The van der Waals surface area contributed by atoms with Crippen LogP contribution in [-0.2, 0) is 11.3 Å². The van der Waals surface area contributed by atoms with E-state index < -0.39 is 0 Å². The molecule has 1 aromatic rings. The minimum Gasteiger partial charge on any atom is -0.341 e. The van der Waals surface area contributed by atoms with Gasteiger partial charge in [-0.3, -0.25) is 4.79 Å². The second kappa shape index (κ2) is 8.23. The van der Waals surface area contributed by atoms with E-state index in [1.807, 2.05) is 7.05 Å². The highest BCUT2D eigenvalue weighted by Gasteiger charge is 2.10. The van der Waals surface area contributed by atoms with E-state index in [1.54, 1.807) is 16.7 Å². The lowest BCUT2D eigenvalue weighted by atomic mass is 10.1. The fraction of sp³-hybridized carbons (Fsp3) is 0.533. The predicted octanol–water partition coefficient (Wildman–Crippen LogP) is 2.42. The third kappa shape index (κ3) is 6.12. The smallest absolute Gasteiger partial charge is 0.232 e. The van der Waals surface area contributed by atoms with E-state index in [2.05, 4.69) is 38.1 Å². The van der Waals surface area contributed by atoms with Gasteiger partial charge in [-0.05, 0) is 18.9 Å². The molecule has 0 bridgehead atoms. The lowest BCUT2D eigenvalue weighted by Crippen LogP contribution is -2.29. The summed E-state index contributed by atoms with van der Waals surface area (Å²) in [5.74, 6) is 1.52. The molecule has 19 heavy (non-hydrogen) atoms. The van der Waals surface area contributed by atoms with Gasteiger partial charge < -0.3 is 10.6 Å². The standard InChI is InChI=1S/C15H24N2OS/c1-4-14(16)10-19-11-15(18)17(3)9-13-7-5-12(2)6-8-13/h5-8,14H,4,9-11,16H2,1-3H3. The fourth-order valence-electron chi connectivity index (χ4n) is 1.58. The third-order valence-electron chi connectivity index (χ3n) is 3.05. The summed E-state index contributed by atoms with van der Waals surface area (Å²) in [6.07, 6.45) is 0.959. The molecule has 0 aliphatic rings. The molecule has 106 valence electrons. The molecule has 0 aliphatic heterocycles. The Morgan fingerprint density at radius 2 is 2.00 bits per heavy atom. The van der Waals surface area contributed by atoms with Gasteiger partial charge in [0.25, 0.3) is 0 Å². The van der Waals surface area contributed by atoms with Crippen molar-refractivity contribution in [1.29, 1.82) is 0 Å². The third-order valence-corrected chi connectivity index (χ3v) is 4.16. The van der Waals surface area contributed by atoms with Gasteiger partial charge in [-0.25, -0.2) is 0 Å². The van der Waals surface area contributed by atoms with Gasteiger partial charge in [-0.2, -0.15) is 11.8 Å². The number of nitrogens with two attached hydrogens (primary N) is 1. The van der Waals surface area contributed by atoms with E-state index in [0.717, 1.165) is 17.7 Å². The zero-order valence-corrected chi connectivity index (χ0v) is 12.9. The molecule has 0 fully saturated rings. The highest BCUT2D eigenvalue weighted by molar-refractivity contribution is 7.99. The quantitative estimate of drug-likeness (QED) is 0.834. The first kappa shape index (κ1) is 16.1. The largest absolute Gasteiger partial charge is 0.341 e. The van der Waals surface area contributed by atoms with Crippen molar-refractivity contribution in [1.82, 2.24) is 4.90 Å². The number of carbonyl (C=O) groups is 1. The first-order chi connectivity index (χ1) is 9.02. The monoisotopic (exact) mass is 280 g/mol. The summed E-state index contributed by atoms with van der Waals surface area (Å²) in [4.78, 5) is 13.7. The van der Waals surface area contributed by atoms with E-state index in [0.29, 0.717) is 12.3 Å². The minimum atomic E-state index is 0.161. The topological polar surface area (TPSA) is 46.3 Å². The number of rotatable bonds is 7. The van der Waals surface area contributed by atoms with Crippen LogP contribution in [0.4, 0.5) is 0 Å². The van der Waals surface area contributed by atoms with Gasteiger partial charge in [-0.15, -0.1) is 0 Å². The van der Waals surface area contributed by atoms with Crippen molar-refractivity contribution < 1.29 is 4.79 Å². The van der Waals surface area contributed by atoms with E-state index in [4.69, 9.17) is 5.73 Å². The fourth-order valence-corrected chi connectivity index (χ4v) is 2.63. The van der Waals surface area contributed by atoms with E-state index >= 15 is 0 Å². The summed E-state index contributed by atoms with van der Waals surface area (Å²) in [5.41, 5.74) is 8.23. The minimum absolute atomic E-state index is 0.161. The zero-order valence-electron chi connectivity index (χ0n) is 12.1. The van der Waals surface area contributed by atoms with Gasteiger partial charge in [0.05, 0.1) is 5.75 Å². The average Bonchev–Trinajstić information content (AvgIpc) is 2.40. The van der Waals surface area contributed by atoms with Gasteiger partial charge in [0, 0.05) is 25.4 Å². The van der Waals surface area contributed by atoms with Gasteiger partial charge in [0.1, 0.15) is 0 Å². The van der Waals surface area contributed by atoms with Crippen LogP contribution >= 0.6 is 11.8 Å². The first-order valence-electron chi connectivity index (χ1n) is 6.65. The second-order valence-corrected chi connectivity index (χ2v) is 5.95. The lowest BCUT2D eigenvalue weighted by molar-refractivity contribution is -0.127. The summed E-state index contributed by atoms with van der Waals surface area (Å²) in [5, 5.41) is 0. The van der Waals surface area contributed by atoms with Gasteiger partial charge >= 0.3 is 0 Å². The highest BCUT2D eigenvalue weighted by Crippen LogP contribution is 2.09. The normalized spacial score (nSPS) is 12.2. The molecular formula is C15H24N2OS. The van der Waals surface area contributed by atoms with E-state index in [1.165, 1.54) is 5.56 Å². The molecule has 1 atom stereocenters. The van der Waals surface area contributed by atoms with Crippen molar-refractivity contribution in [2.75, 3.05) is 18.6 Å². The van der Waals surface area contributed by atoms with E-state index in [-0.39, 0.29) is 11.9 Å². The Balaban J connectivity index is 2.34. The van der Waals surface area contributed by atoms with Crippen LogP contribution in [-0.4, -0.2) is 35.4 Å². The Hall–Kier alpha value is -1.00. The molecule has 0 saturated heterocycles. The first-order valence-corrected chi connectivity index (χ1v) is 7.81. The number of thioether (sulfide) groups is 1. The number of carbonyl (C=O) groups excluding carboxylic acids is 1. The van der Waals surface area contributed by atoms with Gasteiger partial charge in [0.15, 0.2) is 0 Å². The second-order valence-electron chi connectivity index (χ2n) is 4.92. The van der Waals surface area contributed by atoms with Crippen LogP contribution in [0.1, 0.15) is 24.5 Å². The maximum Gasteiger partial charge on any atom is 0.232 e. The molecule has 0 radical (unpaired) electrons. The number of nitrogens with zero attached hydrogens (tertiary/aromatic N) is 1. The molecule has 1 rings (SSSR count). The van der Waals surface area contributed by atoms with E-state index in [9.17, 15) is 4.79 Å². The van der Waals surface area contributed by atoms with Crippen molar-refractivity contribution in [3.63, 3.8) is 0 Å². The predicted molar refractivity (Wildman–Crippen MR) is 83.2 cm³/mol. The number of aryl methyl sites for hydroxylation is 1. The lowest BCUT2D eigenvalue weighted by Gasteiger charge is -2.17. The zero-order chi connectivity index (χ0) is 14.3. The van der Waals surface area contributed by atoms with Crippen molar-refractivity contribution >= 4 is 17.7 Å². The molecule has 1 unspecified atom stereocenters. The number of hydrogen-bond donors (Lipinski definition) is 1. The van der Waals surface area contributed by atoms with Crippen LogP contribution in [0.2, 0.25) is 0 Å². The van der Waals surface area contributed by atoms with Crippen LogP contribution in [0.5, 0.6) is 0 Å². The van der Waals surface area contributed by atoms with Crippen LogP contribution in [0.15, 0.2) is 24.3 Å². The van der Waals surface area contributed by atoms with Crippen molar-refractivity contribution in [2.45, 2.75) is 32.9 Å². The molecular weight excluding hydrogens is 256 g/mol. The Kier molecular flexibility index (Phi) is 6.95. The molecule has 2 N–H and O–H groups in total. The van der Waals surface area contributed by atoms with Gasteiger partial charge in [0.2, 0.25) is 5.91 Å². The molecule has 0 aliphatic carbocycles. The molecule has 0 heterocycles. The summed E-state index contributed by atoms with van der Waals surface area (Å²) in [6.45, 7) is 4.79. The van der Waals surface area contributed by atoms with Crippen LogP contribution in [0.3, 0.4) is 0 Å². The number of hydrogen-bond acceptors (Lipinski definition) is 3. The SMILES string of the molecule is CCC(N)CSCC(=O)N(C)Cc1ccc(C)cc1. The summed E-state index contributed by atoms with van der Waals surface area (Å²) >= 11 is 1.62.